The minimum Gasteiger partial charge on any atom is -0.311 e. The Labute approximate surface area is 109 Å². The van der Waals surface area contributed by atoms with Crippen molar-refractivity contribution in [3.05, 3.63) is 47.5 Å². The van der Waals surface area contributed by atoms with Gasteiger partial charge in [-0.3, -0.25) is 0 Å². The summed E-state index contributed by atoms with van der Waals surface area (Å²) in [4.78, 5) is 0. The van der Waals surface area contributed by atoms with Gasteiger partial charge in [-0.15, -0.1) is 10.2 Å². The monoisotopic (exact) mass is 291 g/mol. The van der Waals surface area contributed by atoms with Gasteiger partial charge in [0.15, 0.2) is 0 Å². The molecule has 0 saturated heterocycles. The number of rotatable bonds is 4. The van der Waals surface area contributed by atoms with Crippen molar-refractivity contribution >= 4 is 15.9 Å². The topological polar surface area (TPSA) is 30.7 Å². The van der Waals surface area contributed by atoms with E-state index in [-0.39, 0.29) is 0 Å². The fourth-order valence-electron chi connectivity index (χ4n) is 2.11. The maximum Gasteiger partial charge on any atom is 0.143 e. The van der Waals surface area contributed by atoms with Gasteiger partial charge in [0.1, 0.15) is 11.6 Å². The van der Waals surface area contributed by atoms with Crippen LogP contribution in [0.4, 0.5) is 0 Å². The van der Waals surface area contributed by atoms with E-state index in [1.807, 2.05) is 6.07 Å². The first-order chi connectivity index (χ1) is 8.38. The number of aromatic nitrogens is 3. The minimum absolute atomic E-state index is 0.635. The van der Waals surface area contributed by atoms with E-state index in [2.05, 4.69) is 55.0 Å². The molecule has 1 aliphatic carbocycles. The van der Waals surface area contributed by atoms with Crippen molar-refractivity contribution < 1.29 is 0 Å². The maximum absolute atomic E-state index is 4.33. The first-order valence-electron chi connectivity index (χ1n) is 5.91. The van der Waals surface area contributed by atoms with E-state index >= 15 is 0 Å². The van der Waals surface area contributed by atoms with Crippen molar-refractivity contribution in [3.8, 4) is 0 Å². The second kappa shape index (κ2) is 4.61. The summed E-state index contributed by atoms with van der Waals surface area (Å²) in [5.74, 6) is 2.14. The van der Waals surface area contributed by atoms with Gasteiger partial charge in [0, 0.05) is 12.5 Å². The average Bonchev–Trinajstić information content (AvgIpc) is 3.13. The predicted molar refractivity (Wildman–Crippen MR) is 70.2 cm³/mol. The Morgan fingerprint density at radius 3 is 2.47 bits per heavy atom. The Bertz CT molecular complexity index is 503. The zero-order valence-corrected chi connectivity index (χ0v) is 11.1. The van der Waals surface area contributed by atoms with Crippen LogP contribution in [0.15, 0.2) is 30.3 Å². The summed E-state index contributed by atoms with van der Waals surface area (Å²) < 4.78 is 2.31. The van der Waals surface area contributed by atoms with Crippen LogP contribution >= 0.6 is 15.9 Å². The summed E-state index contributed by atoms with van der Waals surface area (Å²) in [5, 5.41) is 9.37. The van der Waals surface area contributed by atoms with E-state index in [1.165, 1.54) is 18.4 Å². The third kappa shape index (κ3) is 2.27. The minimum atomic E-state index is 0.635. The molecule has 1 fully saturated rings. The lowest BCUT2D eigenvalue weighted by atomic mass is 10.1. The van der Waals surface area contributed by atoms with Gasteiger partial charge in [-0.05, 0) is 18.4 Å². The van der Waals surface area contributed by atoms with Crippen molar-refractivity contribution in [2.45, 2.75) is 30.6 Å². The second-order valence-electron chi connectivity index (χ2n) is 4.43. The molecule has 0 atom stereocenters. The first-order valence-corrected chi connectivity index (χ1v) is 7.03. The highest BCUT2D eigenvalue weighted by Gasteiger charge is 2.28. The van der Waals surface area contributed by atoms with E-state index in [1.54, 1.807) is 0 Å². The highest BCUT2D eigenvalue weighted by molar-refractivity contribution is 9.08. The average molecular weight is 292 g/mol. The van der Waals surface area contributed by atoms with Gasteiger partial charge < -0.3 is 4.57 Å². The number of nitrogens with zero attached hydrogens (tertiary/aromatic N) is 3. The molecule has 0 aliphatic heterocycles. The number of benzene rings is 1. The van der Waals surface area contributed by atoms with Gasteiger partial charge >= 0.3 is 0 Å². The fourth-order valence-corrected chi connectivity index (χ4v) is 2.49. The molecule has 0 radical (unpaired) electrons. The third-order valence-electron chi connectivity index (χ3n) is 3.07. The lowest BCUT2D eigenvalue weighted by molar-refractivity contribution is 0.671. The molecule has 4 heteroatoms. The van der Waals surface area contributed by atoms with Crippen LogP contribution in [-0.4, -0.2) is 14.8 Å². The summed E-state index contributed by atoms with van der Waals surface area (Å²) in [6, 6.07) is 11.1. The molecule has 1 aromatic carbocycles. The zero-order valence-electron chi connectivity index (χ0n) is 9.51. The fraction of sp³-hybridized carbons (Fsp3) is 0.385. The molecule has 0 unspecified atom stereocenters. The quantitative estimate of drug-likeness (QED) is 0.811. The number of halogens is 1. The second-order valence-corrected chi connectivity index (χ2v) is 4.99. The van der Waals surface area contributed by atoms with Crippen LogP contribution in [0.3, 0.4) is 0 Å². The van der Waals surface area contributed by atoms with Crippen LogP contribution in [-0.2, 0) is 11.8 Å². The first kappa shape index (κ1) is 11.0. The maximum atomic E-state index is 4.33. The van der Waals surface area contributed by atoms with Crippen molar-refractivity contribution in [3.63, 3.8) is 0 Å². The van der Waals surface area contributed by atoms with Crippen molar-refractivity contribution in [2.75, 3.05) is 0 Å². The zero-order chi connectivity index (χ0) is 11.7. The smallest absolute Gasteiger partial charge is 0.143 e. The molecule has 1 aromatic heterocycles. The molecule has 88 valence electrons. The van der Waals surface area contributed by atoms with E-state index in [0.29, 0.717) is 6.04 Å². The Hall–Kier alpha value is -1.16. The molecule has 1 aliphatic rings. The summed E-state index contributed by atoms with van der Waals surface area (Å²) in [5.41, 5.74) is 1.29. The summed E-state index contributed by atoms with van der Waals surface area (Å²) in [6.45, 7) is 0. The summed E-state index contributed by atoms with van der Waals surface area (Å²) in [7, 11) is 0. The molecule has 0 amide bonds. The third-order valence-corrected chi connectivity index (χ3v) is 3.58. The van der Waals surface area contributed by atoms with Crippen LogP contribution in [0.25, 0.3) is 0 Å². The predicted octanol–water partition coefficient (Wildman–Crippen LogP) is 3.10. The Kier molecular flexibility index (Phi) is 2.97. The van der Waals surface area contributed by atoms with Crippen molar-refractivity contribution in [2.24, 2.45) is 0 Å². The molecule has 1 heterocycles. The number of alkyl halides is 1. The molecule has 17 heavy (non-hydrogen) atoms. The van der Waals surface area contributed by atoms with Crippen molar-refractivity contribution in [1.29, 1.82) is 0 Å². The normalized spacial score (nSPS) is 15.1. The van der Waals surface area contributed by atoms with E-state index in [9.17, 15) is 0 Å². The molecule has 1 saturated carbocycles. The standard InChI is InChI=1S/C13H14BrN3/c14-9-13-16-15-12(17(13)11-6-7-11)8-10-4-2-1-3-5-10/h1-5,11H,6-9H2. The van der Waals surface area contributed by atoms with Gasteiger partial charge in [-0.2, -0.15) is 0 Å². The highest BCUT2D eigenvalue weighted by atomic mass is 79.9. The van der Waals surface area contributed by atoms with Crippen LogP contribution in [0.1, 0.15) is 36.1 Å². The van der Waals surface area contributed by atoms with Gasteiger partial charge in [0.2, 0.25) is 0 Å². The van der Waals surface area contributed by atoms with Crippen LogP contribution in [0, 0.1) is 0 Å². The largest absolute Gasteiger partial charge is 0.311 e. The Morgan fingerprint density at radius 1 is 1.12 bits per heavy atom. The summed E-state index contributed by atoms with van der Waals surface area (Å²) >= 11 is 3.48. The van der Waals surface area contributed by atoms with Crippen molar-refractivity contribution in [1.82, 2.24) is 14.8 Å². The molecule has 2 aromatic rings. The molecule has 0 spiro atoms. The van der Waals surface area contributed by atoms with Gasteiger partial charge in [-0.1, -0.05) is 46.3 Å². The SMILES string of the molecule is BrCc1nnc(Cc2ccccc2)n1C1CC1. The number of hydrogen-bond donors (Lipinski definition) is 0. The summed E-state index contributed by atoms with van der Waals surface area (Å²) in [6.07, 6.45) is 3.40. The van der Waals surface area contributed by atoms with Crippen LogP contribution < -0.4 is 0 Å². The molecule has 0 N–H and O–H groups in total. The molecular weight excluding hydrogens is 278 g/mol. The van der Waals surface area contributed by atoms with Crippen LogP contribution in [0.5, 0.6) is 0 Å². The van der Waals surface area contributed by atoms with Gasteiger partial charge in [0.25, 0.3) is 0 Å². The highest BCUT2D eigenvalue weighted by Crippen LogP contribution is 2.37. The Morgan fingerprint density at radius 2 is 1.82 bits per heavy atom. The number of hydrogen-bond acceptors (Lipinski definition) is 2. The molecule has 3 rings (SSSR count). The van der Waals surface area contributed by atoms with Crippen LogP contribution in [0.2, 0.25) is 0 Å². The molecule has 0 bridgehead atoms. The lowest BCUT2D eigenvalue weighted by Gasteiger charge is -2.07. The van der Waals surface area contributed by atoms with E-state index < -0.39 is 0 Å². The van der Waals surface area contributed by atoms with E-state index in [4.69, 9.17) is 0 Å². The molecular formula is C13H14BrN3. The lowest BCUT2D eigenvalue weighted by Crippen LogP contribution is -2.05. The molecule has 3 nitrogen and oxygen atoms in total. The van der Waals surface area contributed by atoms with Gasteiger partial charge in [0.05, 0.1) is 5.33 Å². The Balaban J connectivity index is 1.90. The van der Waals surface area contributed by atoms with Gasteiger partial charge in [-0.25, -0.2) is 0 Å². The van der Waals surface area contributed by atoms with E-state index in [0.717, 1.165) is 23.4 Å².